The minimum Gasteiger partial charge on any atom is -0.212 e. The fourth-order valence-electron chi connectivity index (χ4n) is 1.62. The van der Waals surface area contributed by atoms with Gasteiger partial charge < -0.3 is 0 Å². The fourth-order valence-corrected chi connectivity index (χ4v) is 3.13. The van der Waals surface area contributed by atoms with Gasteiger partial charge in [-0.2, -0.15) is 14.8 Å². The molecule has 0 saturated heterocycles. The van der Waals surface area contributed by atoms with Crippen molar-refractivity contribution < 1.29 is 8.42 Å². The molecule has 0 radical (unpaired) electrons. The first-order valence-corrected chi connectivity index (χ1v) is 7.48. The molecule has 0 fully saturated rings. The van der Waals surface area contributed by atoms with E-state index in [4.69, 9.17) is 10.5 Å². The van der Waals surface area contributed by atoms with E-state index >= 15 is 0 Å². The van der Waals surface area contributed by atoms with E-state index in [-0.39, 0.29) is 12.3 Å². The quantitative estimate of drug-likeness (QED) is 0.739. The lowest BCUT2D eigenvalue weighted by molar-refractivity contribution is 0.443. The van der Waals surface area contributed by atoms with E-state index in [1.807, 2.05) is 19.1 Å². The second kappa shape index (κ2) is 6.89. The van der Waals surface area contributed by atoms with Crippen molar-refractivity contribution in [1.82, 2.24) is 4.31 Å². The zero-order valence-corrected chi connectivity index (χ0v) is 11.5. The van der Waals surface area contributed by atoms with E-state index in [0.717, 1.165) is 0 Å². The lowest BCUT2D eigenvalue weighted by Gasteiger charge is -2.18. The highest BCUT2D eigenvalue weighted by Crippen LogP contribution is 2.12. The van der Waals surface area contributed by atoms with Gasteiger partial charge in [0.15, 0.2) is 0 Å². The third-order valence-corrected chi connectivity index (χ3v) is 4.34. The second-order valence-corrected chi connectivity index (χ2v) is 6.03. The first-order valence-electron chi connectivity index (χ1n) is 5.87. The van der Waals surface area contributed by atoms with Crippen molar-refractivity contribution in [3.05, 3.63) is 35.4 Å². The minimum absolute atomic E-state index is 0.132. The number of benzene rings is 1. The Morgan fingerprint density at radius 3 is 2.32 bits per heavy atom. The number of hydrogen-bond acceptors (Lipinski definition) is 4. The minimum atomic E-state index is -3.49. The molecule has 0 N–H and O–H groups in total. The van der Waals surface area contributed by atoms with Crippen LogP contribution in [-0.4, -0.2) is 25.8 Å². The third kappa shape index (κ3) is 4.36. The van der Waals surface area contributed by atoms with Gasteiger partial charge in [0.25, 0.3) is 0 Å². The highest BCUT2D eigenvalue weighted by atomic mass is 32.2. The van der Waals surface area contributed by atoms with Crippen LogP contribution in [0.4, 0.5) is 0 Å². The smallest absolute Gasteiger partial charge is 0.212 e. The van der Waals surface area contributed by atoms with Crippen LogP contribution in [0.5, 0.6) is 0 Å². The summed E-state index contributed by atoms with van der Waals surface area (Å²) in [5, 5.41) is 17.3. The molecule has 19 heavy (non-hydrogen) atoms. The van der Waals surface area contributed by atoms with E-state index in [9.17, 15) is 8.42 Å². The van der Waals surface area contributed by atoms with Crippen molar-refractivity contribution in [3.8, 4) is 12.1 Å². The Morgan fingerprint density at radius 2 is 1.84 bits per heavy atom. The molecule has 1 rings (SSSR count). The number of rotatable bonds is 6. The average molecular weight is 277 g/mol. The topological polar surface area (TPSA) is 85.0 Å². The Bertz CT molecular complexity index is 594. The monoisotopic (exact) mass is 277 g/mol. The summed E-state index contributed by atoms with van der Waals surface area (Å²) in [5.74, 6) is -0.152. The van der Waals surface area contributed by atoms with Gasteiger partial charge >= 0.3 is 0 Å². The van der Waals surface area contributed by atoms with Crippen LogP contribution in [0.2, 0.25) is 0 Å². The molecule has 100 valence electrons. The number of hydrogen-bond donors (Lipinski definition) is 0. The Hall–Kier alpha value is -1.89. The highest BCUT2D eigenvalue weighted by molar-refractivity contribution is 7.88. The summed E-state index contributed by atoms with van der Waals surface area (Å²) in [6, 6.07) is 10.2. The second-order valence-electron chi connectivity index (χ2n) is 4.06. The van der Waals surface area contributed by atoms with Crippen molar-refractivity contribution in [2.24, 2.45) is 0 Å². The summed E-state index contributed by atoms with van der Waals surface area (Å²) in [7, 11) is -3.49. The fraction of sp³-hybridized carbons (Fsp3) is 0.385. The van der Waals surface area contributed by atoms with Crippen LogP contribution < -0.4 is 0 Å². The number of sulfonamides is 1. The summed E-state index contributed by atoms with van der Waals surface area (Å²) in [4.78, 5) is 0. The molecule has 1 aromatic carbocycles. The lowest BCUT2D eigenvalue weighted by Crippen LogP contribution is -2.33. The maximum Gasteiger partial charge on any atom is 0.219 e. The third-order valence-electron chi connectivity index (χ3n) is 2.55. The SMILES string of the molecule is CCCN(CC#N)S(=O)(=O)Cc1ccc(C#N)cc1. The molecule has 0 aromatic heterocycles. The molecule has 0 bridgehead atoms. The van der Waals surface area contributed by atoms with Gasteiger partial charge in [0.05, 0.1) is 23.5 Å². The van der Waals surface area contributed by atoms with Gasteiger partial charge in [0.2, 0.25) is 10.0 Å². The summed E-state index contributed by atoms with van der Waals surface area (Å²) in [5.41, 5.74) is 1.10. The Morgan fingerprint density at radius 1 is 1.21 bits per heavy atom. The maximum absolute atomic E-state index is 12.1. The van der Waals surface area contributed by atoms with Crippen LogP contribution in [0, 0.1) is 22.7 Å². The van der Waals surface area contributed by atoms with Crippen LogP contribution in [0.25, 0.3) is 0 Å². The molecule has 6 heteroatoms. The Kier molecular flexibility index (Phi) is 5.50. The van der Waals surface area contributed by atoms with E-state index in [1.165, 1.54) is 4.31 Å². The van der Waals surface area contributed by atoms with Crippen LogP contribution in [0.15, 0.2) is 24.3 Å². The average Bonchev–Trinajstić information content (AvgIpc) is 2.39. The van der Waals surface area contributed by atoms with Crippen molar-refractivity contribution in [3.63, 3.8) is 0 Å². The predicted molar refractivity (Wildman–Crippen MR) is 71.3 cm³/mol. The van der Waals surface area contributed by atoms with Crippen molar-refractivity contribution in [1.29, 1.82) is 10.5 Å². The molecule has 0 unspecified atom stereocenters. The molecule has 0 saturated carbocycles. The zero-order chi connectivity index (χ0) is 14.3. The van der Waals surface area contributed by atoms with Gasteiger partial charge in [-0.1, -0.05) is 19.1 Å². The van der Waals surface area contributed by atoms with E-state index in [0.29, 0.717) is 24.1 Å². The van der Waals surface area contributed by atoms with Crippen molar-refractivity contribution in [2.75, 3.05) is 13.1 Å². The lowest BCUT2D eigenvalue weighted by atomic mass is 10.2. The zero-order valence-electron chi connectivity index (χ0n) is 10.7. The van der Waals surface area contributed by atoms with E-state index in [1.54, 1.807) is 24.3 Å². The highest BCUT2D eigenvalue weighted by Gasteiger charge is 2.21. The van der Waals surface area contributed by atoms with Crippen LogP contribution >= 0.6 is 0 Å². The van der Waals surface area contributed by atoms with Gasteiger partial charge in [0.1, 0.15) is 6.54 Å². The summed E-state index contributed by atoms with van der Waals surface area (Å²) in [6.07, 6.45) is 0.661. The Balaban J connectivity index is 2.88. The Labute approximate surface area is 113 Å². The summed E-state index contributed by atoms with van der Waals surface area (Å²) < 4.78 is 25.5. The maximum atomic E-state index is 12.1. The molecule has 0 amide bonds. The first-order chi connectivity index (χ1) is 9.03. The van der Waals surface area contributed by atoms with Gasteiger partial charge in [-0.05, 0) is 24.1 Å². The largest absolute Gasteiger partial charge is 0.219 e. The molecule has 0 aliphatic heterocycles. The van der Waals surface area contributed by atoms with Crippen LogP contribution in [-0.2, 0) is 15.8 Å². The molecule has 5 nitrogen and oxygen atoms in total. The molecule has 0 spiro atoms. The van der Waals surface area contributed by atoms with Crippen molar-refractivity contribution >= 4 is 10.0 Å². The van der Waals surface area contributed by atoms with Crippen LogP contribution in [0.3, 0.4) is 0 Å². The normalized spacial score (nSPS) is 10.9. The van der Waals surface area contributed by atoms with Gasteiger partial charge in [-0.15, -0.1) is 0 Å². The first kappa shape index (κ1) is 15.2. The number of nitriles is 2. The van der Waals surface area contributed by atoms with Crippen molar-refractivity contribution in [2.45, 2.75) is 19.1 Å². The standard InChI is InChI=1S/C13H15N3O2S/c1-2-8-16(9-7-14)19(17,18)11-13-5-3-12(10-15)4-6-13/h3-6H,2,8-9,11H2,1H3. The van der Waals surface area contributed by atoms with Gasteiger partial charge in [0, 0.05) is 6.54 Å². The van der Waals surface area contributed by atoms with E-state index in [2.05, 4.69) is 0 Å². The molecule has 1 aromatic rings. The van der Waals surface area contributed by atoms with Crippen LogP contribution in [0.1, 0.15) is 24.5 Å². The summed E-state index contributed by atoms with van der Waals surface area (Å²) in [6.45, 7) is 2.07. The van der Waals surface area contributed by atoms with Gasteiger partial charge in [-0.25, -0.2) is 8.42 Å². The predicted octanol–water partition coefficient (Wildman–Crippen LogP) is 1.62. The summed E-state index contributed by atoms with van der Waals surface area (Å²) >= 11 is 0. The molecule has 0 aliphatic rings. The molecular formula is C13H15N3O2S. The number of nitrogens with zero attached hydrogens (tertiary/aromatic N) is 3. The van der Waals surface area contributed by atoms with Gasteiger partial charge in [-0.3, -0.25) is 0 Å². The molecule has 0 aliphatic carbocycles. The molecular weight excluding hydrogens is 262 g/mol. The van der Waals surface area contributed by atoms with E-state index < -0.39 is 10.0 Å². The molecule has 0 atom stereocenters. The molecule has 0 heterocycles.